The molecule has 7 nitrogen and oxygen atoms in total. The van der Waals surface area contributed by atoms with Crippen LogP contribution in [0.25, 0.3) is 0 Å². The topological polar surface area (TPSA) is 74.1 Å². The molecule has 0 amide bonds. The van der Waals surface area contributed by atoms with Gasteiger partial charge in [-0.05, 0) is 29.5 Å². The zero-order chi connectivity index (χ0) is 19.8. The highest BCUT2D eigenvalue weighted by Gasteiger charge is 2.13. The Hall–Kier alpha value is -3.06. The number of nitrogens with zero attached hydrogens (tertiary/aromatic N) is 4. The van der Waals surface area contributed by atoms with Gasteiger partial charge in [0.15, 0.2) is 11.5 Å². The standard InChI is InChI=1S/C20H22ClN5O2/c1-3-12-26-20(23-24-25-26)22-13-15-9-7-11-18(27-4-2)19(15)28-14-16-8-5-6-10-17(16)21/h3,5-11H,1,4,12-14H2,2H3,(H,22,23,25). The average Bonchev–Trinajstić information content (AvgIpc) is 3.14. The van der Waals surface area contributed by atoms with Crippen LogP contribution in [0.3, 0.4) is 0 Å². The van der Waals surface area contributed by atoms with Crippen LogP contribution in [0.5, 0.6) is 11.5 Å². The Labute approximate surface area is 168 Å². The molecule has 0 spiro atoms. The van der Waals surface area contributed by atoms with Gasteiger partial charge < -0.3 is 14.8 Å². The van der Waals surface area contributed by atoms with E-state index in [4.69, 9.17) is 21.1 Å². The van der Waals surface area contributed by atoms with Crippen LogP contribution in [-0.4, -0.2) is 26.8 Å². The number of para-hydroxylation sites is 1. The van der Waals surface area contributed by atoms with Crippen LogP contribution in [0, 0.1) is 0 Å². The van der Waals surface area contributed by atoms with Crippen molar-refractivity contribution in [1.29, 1.82) is 0 Å². The highest BCUT2D eigenvalue weighted by Crippen LogP contribution is 2.33. The van der Waals surface area contributed by atoms with Crippen molar-refractivity contribution in [1.82, 2.24) is 20.2 Å². The van der Waals surface area contributed by atoms with Gasteiger partial charge in [0.2, 0.25) is 5.95 Å². The summed E-state index contributed by atoms with van der Waals surface area (Å²) in [6.07, 6.45) is 1.73. The SMILES string of the molecule is C=CCn1nnnc1NCc1cccc(OCC)c1OCc1ccccc1Cl. The lowest BCUT2D eigenvalue weighted by Gasteiger charge is -2.17. The molecule has 3 rings (SSSR count). The van der Waals surface area contributed by atoms with Gasteiger partial charge in [-0.15, -0.1) is 6.58 Å². The van der Waals surface area contributed by atoms with Crippen LogP contribution in [-0.2, 0) is 19.7 Å². The lowest BCUT2D eigenvalue weighted by Crippen LogP contribution is -2.10. The summed E-state index contributed by atoms with van der Waals surface area (Å²) in [5.41, 5.74) is 1.83. The molecule has 146 valence electrons. The number of ether oxygens (including phenoxy) is 2. The molecule has 0 fully saturated rings. The molecule has 1 aromatic heterocycles. The Bertz CT molecular complexity index is 928. The minimum Gasteiger partial charge on any atom is -0.490 e. The first-order valence-electron chi connectivity index (χ1n) is 8.94. The first-order chi connectivity index (χ1) is 13.7. The van der Waals surface area contributed by atoms with E-state index in [-0.39, 0.29) is 0 Å². The molecular formula is C20H22ClN5O2. The Morgan fingerprint density at radius 3 is 2.75 bits per heavy atom. The molecule has 0 saturated heterocycles. The summed E-state index contributed by atoms with van der Waals surface area (Å²) in [6, 6.07) is 13.4. The third-order valence-electron chi connectivity index (χ3n) is 3.96. The quantitative estimate of drug-likeness (QED) is 0.517. The fourth-order valence-electron chi connectivity index (χ4n) is 2.65. The van der Waals surface area contributed by atoms with E-state index in [1.54, 1.807) is 10.8 Å². The highest BCUT2D eigenvalue weighted by molar-refractivity contribution is 6.31. The molecule has 1 N–H and O–H groups in total. The van der Waals surface area contributed by atoms with Crippen LogP contribution in [0.4, 0.5) is 5.95 Å². The van der Waals surface area contributed by atoms with Gasteiger partial charge in [-0.3, -0.25) is 0 Å². The molecule has 8 heteroatoms. The molecule has 0 aliphatic heterocycles. The normalized spacial score (nSPS) is 10.5. The fraction of sp³-hybridized carbons (Fsp3) is 0.250. The first kappa shape index (κ1) is 19.7. The van der Waals surface area contributed by atoms with Gasteiger partial charge in [0.25, 0.3) is 0 Å². The Balaban J connectivity index is 1.80. The maximum atomic E-state index is 6.25. The summed E-state index contributed by atoms with van der Waals surface area (Å²) in [5.74, 6) is 1.90. The van der Waals surface area contributed by atoms with Crippen LogP contribution >= 0.6 is 11.6 Å². The smallest absolute Gasteiger partial charge is 0.243 e. The van der Waals surface area contributed by atoms with Crippen molar-refractivity contribution in [2.75, 3.05) is 11.9 Å². The van der Waals surface area contributed by atoms with Crippen molar-refractivity contribution in [2.45, 2.75) is 26.6 Å². The molecular weight excluding hydrogens is 378 g/mol. The molecule has 0 aliphatic rings. The van der Waals surface area contributed by atoms with E-state index in [0.29, 0.717) is 48.8 Å². The summed E-state index contributed by atoms with van der Waals surface area (Å²) in [5, 5.41) is 15.5. The number of benzene rings is 2. The maximum absolute atomic E-state index is 6.25. The molecule has 2 aromatic carbocycles. The summed E-state index contributed by atoms with van der Waals surface area (Å²) >= 11 is 6.25. The zero-order valence-electron chi connectivity index (χ0n) is 15.6. The maximum Gasteiger partial charge on any atom is 0.243 e. The number of hydrogen-bond donors (Lipinski definition) is 1. The van der Waals surface area contributed by atoms with E-state index in [9.17, 15) is 0 Å². The monoisotopic (exact) mass is 399 g/mol. The zero-order valence-corrected chi connectivity index (χ0v) is 16.4. The fourth-order valence-corrected chi connectivity index (χ4v) is 2.84. The Morgan fingerprint density at radius 1 is 1.14 bits per heavy atom. The second-order valence-electron chi connectivity index (χ2n) is 5.88. The number of allylic oxidation sites excluding steroid dienone is 1. The second kappa shape index (κ2) is 9.75. The van der Waals surface area contributed by atoms with E-state index >= 15 is 0 Å². The third-order valence-corrected chi connectivity index (χ3v) is 4.33. The minimum atomic E-state index is 0.338. The second-order valence-corrected chi connectivity index (χ2v) is 6.29. The van der Waals surface area contributed by atoms with Crippen molar-refractivity contribution in [2.24, 2.45) is 0 Å². The van der Waals surface area contributed by atoms with Gasteiger partial charge in [-0.25, -0.2) is 4.68 Å². The summed E-state index contributed by atoms with van der Waals surface area (Å²) in [6.45, 7) is 7.51. The van der Waals surface area contributed by atoms with Gasteiger partial charge in [0.05, 0.1) is 13.2 Å². The molecule has 3 aromatic rings. The third kappa shape index (κ3) is 4.80. The number of rotatable bonds is 10. The number of hydrogen-bond acceptors (Lipinski definition) is 6. The summed E-state index contributed by atoms with van der Waals surface area (Å²) in [7, 11) is 0. The Morgan fingerprint density at radius 2 is 1.96 bits per heavy atom. The molecule has 1 heterocycles. The number of halogens is 1. The highest BCUT2D eigenvalue weighted by atomic mass is 35.5. The number of anilines is 1. The number of nitrogens with one attached hydrogen (secondary N) is 1. The van der Waals surface area contributed by atoms with Gasteiger partial charge >= 0.3 is 0 Å². The molecule has 0 unspecified atom stereocenters. The predicted molar refractivity (Wildman–Crippen MR) is 109 cm³/mol. The molecule has 0 aliphatic carbocycles. The van der Waals surface area contributed by atoms with E-state index in [2.05, 4.69) is 27.4 Å². The van der Waals surface area contributed by atoms with Crippen molar-refractivity contribution in [3.8, 4) is 11.5 Å². The van der Waals surface area contributed by atoms with Crippen molar-refractivity contribution in [3.05, 3.63) is 71.3 Å². The summed E-state index contributed by atoms with van der Waals surface area (Å²) in [4.78, 5) is 0. The van der Waals surface area contributed by atoms with Gasteiger partial charge in [0, 0.05) is 22.7 Å². The Kier molecular flexibility index (Phi) is 6.86. The predicted octanol–water partition coefficient (Wildman–Crippen LogP) is 4.10. The lowest BCUT2D eigenvalue weighted by molar-refractivity contribution is 0.267. The van der Waals surface area contributed by atoms with Gasteiger partial charge in [0.1, 0.15) is 6.61 Å². The van der Waals surface area contributed by atoms with Crippen LogP contribution in [0.1, 0.15) is 18.1 Å². The first-order valence-corrected chi connectivity index (χ1v) is 9.32. The van der Waals surface area contributed by atoms with Crippen molar-refractivity contribution in [3.63, 3.8) is 0 Å². The molecule has 0 saturated carbocycles. The van der Waals surface area contributed by atoms with Crippen molar-refractivity contribution >= 4 is 17.5 Å². The van der Waals surface area contributed by atoms with Crippen LogP contribution in [0.15, 0.2) is 55.1 Å². The van der Waals surface area contributed by atoms with E-state index in [1.165, 1.54) is 0 Å². The molecule has 28 heavy (non-hydrogen) atoms. The van der Waals surface area contributed by atoms with Crippen LogP contribution in [0.2, 0.25) is 5.02 Å². The summed E-state index contributed by atoms with van der Waals surface area (Å²) < 4.78 is 13.5. The lowest BCUT2D eigenvalue weighted by atomic mass is 10.1. The number of aromatic nitrogens is 4. The molecule has 0 bridgehead atoms. The van der Waals surface area contributed by atoms with E-state index < -0.39 is 0 Å². The molecule has 0 atom stereocenters. The van der Waals surface area contributed by atoms with Gasteiger partial charge in [-0.1, -0.05) is 53.1 Å². The van der Waals surface area contributed by atoms with Crippen LogP contribution < -0.4 is 14.8 Å². The van der Waals surface area contributed by atoms with Gasteiger partial charge in [-0.2, -0.15) is 0 Å². The minimum absolute atomic E-state index is 0.338. The molecule has 0 radical (unpaired) electrons. The number of tetrazole rings is 1. The van der Waals surface area contributed by atoms with E-state index in [1.807, 2.05) is 49.4 Å². The average molecular weight is 400 g/mol. The van der Waals surface area contributed by atoms with E-state index in [0.717, 1.165) is 11.1 Å². The largest absolute Gasteiger partial charge is 0.490 e. The van der Waals surface area contributed by atoms with Crippen molar-refractivity contribution < 1.29 is 9.47 Å².